The fourth-order valence-corrected chi connectivity index (χ4v) is 2.00. The largest absolute Gasteiger partial charge is 0.286 e. The van der Waals surface area contributed by atoms with Gasteiger partial charge in [0.1, 0.15) is 0 Å². The molecule has 0 saturated heterocycles. The summed E-state index contributed by atoms with van der Waals surface area (Å²) in [4.78, 5) is 11.8. The van der Waals surface area contributed by atoms with Gasteiger partial charge in [-0.1, -0.05) is 46.3 Å². The Bertz CT molecular complexity index is 511. The van der Waals surface area contributed by atoms with Crippen LogP contribution in [0.4, 0.5) is 0 Å². The van der Waals surface area contributed by atoms with Crippen molar-refractivity contribution in [3.8, 4) is 0 Å². The van der Waals surface area contributed by atoms with Crippen molar-refractivity contribution in [1.29, 1.82) is 0 Å². The number of carbonyl (C=O) groups is 1. The highest BCUT2D eigenvalue weighted by atomic mass is 79.9. The molecule has 1 heterocycles. The summed E-state index contributed by atoms with van der Waals surface area (Å²) in [5, 5.41) is 0.353. The summed E-state index contributed by atoms with van der Waals surface area (Å²) in [6, 6.07) is 15.8. The molecule has 0 fully saturated rings. The number of nitrogens with zero attached hydrogens (tertiary/aromatic N) is 1. The number of ketones is 1. The minimum atomic E-state index is 0.0986. The molecule has 2 nitrogen and oxygen atoms in total. The van der Waals surface area contributed by atoms with Crippen LogP contribution in [0.2, 0.25) is 0 Å². The van der Waals surface area contributed by atoms with E-state index in [0.717, 1.165) is 12.2 Å². The van der Waals surface area contributed by atoms with Crippen molar-refractivity contribution in [2.75, 3.05) is 5.33 Å². The number of carbonyl (C=O) groups excluding carboxylic acids is 1. The van der Waals surface area contributed by atoms with Crippen LogP contribution in [0, 0.1) is 0 Å². The summed E-state index contributed by atoms with van der Waals surface area (Å²) < 4.78 is 1.97. The molecule has 0 radical (unpaired) electrons. The van der Waals surface area contributed by atoms with Crippen LogP contribution < -0.4 is 4.57 Å². The molecule has 2 aromatic rings. The molecule has 0 spiro atoms. The smallest absolute Gasteiger partial charge is 0.249 e. The van der Waals surface area contributed by atoms with E-state index in [1.165, 1.54) is 5.56 Å². The summed E-state index contributed by atoms with van der Waals surface area (Å²) in [7, 11) is 0. The summed E-state index contributed by atoms with van der Waals surface area (Å²) >= 11 is 3.21. The highest BCUT2D eigenvalue weighted by molar-refractivity contribution is 9.09. The molecule has 2 rings (SSSR count). The molecule has 0 aliphatic heterocycles. The van der Waals surface area contributed by atoms with E-state index >= 15 is 0 Å². The Morgan fingerprint density at radius 3 is 2.47 bits per heavy atom. The van der Waals surface area contributed by atoms with Crippen LogP contribution in [0.15, 0.2) is 54.7 Å². The molecule has 0 unspecified atom stereocenters. The number of aromatic nitrogens is 1. The summed E-state index contributed by atoms with van der Waals surface area (Å²) in [5.41, 5.74) is 1.92. The molecule has 1 aromatic carbocycles. The normalized spacial score (nSPS) is 10.2. The van der Waals surface area contributed by atoms with Gasteiger partial charge in [0.25, 0.3) is 0 Å². The Labute approximate surface area is 109 Å². The molecule has 0 bridgehead atoms. The Morgan fingerprint density at radius 1 is 1.06 bits per heavy atom. The lowest BCUT2D eigenvalue weighted by atomic mass is 10.2. The minimum Gasteiger partial charge on any atom is -0.286 e. The Kier molecular flexibility index (Phi) is 4.04. The standard InChI is InChI=1S/C14H13BrNO/c15-10-14(17)13-8-4-5-9-16(13)11-12-6-2-1-3-7-12/h1-9H,10-11H2/q+1. The fraction of sp³-hybridized carbons (Fsp3) is 0.143. The molecule has 3 heteroatoms. The van der Waals surface area contributed by atoms with Gasteiger partial charge < -0.3 is 0 Å². The second kappa shape index (κ2) is 5.73. The molecule has 0 amide bonds. The Morgan fingerprint density at radius 2 is 1.76 bits per heavy atom. The van der Waals surface area contributed by atoms with Crippen molar-refractivity contribution in [3.63, 3.8) is 0 Å². The fourth-order valence-electron chi connectivity index (χ4n) is 1.72. The number of rotatable bonds is 4. The van der Waals surface area contributed by atoms with Crippen molar-refractivity contribution in [2.45, 2.75) is 6.54 Å². The zero-order valence-electron chi connectivity index (χ0n) is 9.34. The molecule has 86 valence electrons. The first kappa shape index (κ1) is 12.0. The zero-order valence-corrected chi connectivity index (χ0v) is 10.9. The topological polar surface area (TPSA) is 20.9 Å². The predicted octanol–water partition coefficient (Wildman–Crippen LogP) is 2.60. The minimum absolute atomic E-state index is 0.0986. The van der Waals surface area contributed by atoms with Gasteiger partial charge in [0.15, 0.2) is 12.7 Å². The van der Waals surface area contributed by atoms with E-state index in [0.29, 0.717) is 5.33 Å². The van der Waals surface area contributed by atoms with Crippen LogP contribution in [-0.2, 0) is 6.54 Å². The Hall–Kier alpha value is -1.48. The van der Waals surface area contributed by atoms with Crippen molar-refractivity contribution < 1.29 is 9.36 Å². The van der Waals surface area contributed by atoms with Gasteiger partial charge in [0.05, 0.1) is 5.33 Å². The molecular weight excluding hydrogens is 278 g/mol. The van der Waals surface area contributed by atoms with Crippen molar-refractivity contribution in [3.05, 3.63) is 66.0 Å². The van der Waals surface area contributed by atoms with Crippen LogP contribution in [0.1, 0.15) is 16.1 Å². The zero-order chi connectivity index (χ0) is 12.1. The van der Waals surface area contributed by atoms with E-state index in [2.05, 4.69) is 28.1 Å². The molecular formula is C14H13BrNO+. The maximum atomic E-state index is 11.8. The third kappa shape index (κ3) is 3.01. The average Bonchev–Trinajstić information content (AvgIpc) is 2.40. The van der Waals surface area contributed by atoms with E-state index in [1.807, 2.05) is 47.2 Å². The van der Waals surface area contributed by atoms with Crippen LogP contribution >= 0.6 is 15.9 Å². The predicted molar refractivity (Wildman–Crippen MR) is 70.3 cm³/mol. The first-order valence-electron chi connectivity index (χ1n) is 5.43. The van der Waals surface area contributed by atoms with Crippen LogP contribution in [0.3, 0.4) is 0 Å². The molecule has 0 aliphatic carbocycles. The van der Waals surface area contributed by atoms with Gasteiger partial charge in [0.2, 0.25) is 11.5 Å². The highest BCUT2D eigenvalue weighted by Crippen LogP contribution is 2.01. The third-order valence-electron chi connectivity index (χ3n) is 2.54. The van der Waals surface area contributed by atoms with Gasteiger partial charge in [-0.05, 0) is 6.07 Å². The monoisotopic (exact) mass is 290 g/mol. The van der Waals surface area contributed by atoms with Crippen molar-refractivity contribution in [1.82, 2.24) is 0 Å². The summed E-state index contributed by atoms with van der Waals surface area (Å²) in [5.74, 6) is 0.0986. The van der Waals surface area contributed by atoms with Gasteiger partial charge in [-0.2, -0.15) is 4.57 Å². The quantitative estimate of drug-likeness (QED) is 0.482. The number of halogens is 1. The number of benzene rings is 1. The van der Waals surface area contributed by atoms with E-state index in [1.54, 1.807) is 0 Å². The molecule has 1 aromatic heterocycles. The lowest BCUT2D eigenvalue weighted by molar-refractivity contribution is -0.690. The van der Waals surface area contributed by atoms with Crippen molar-refractivity contribution in [2.24, 2.45) is 0 Å². The first-order valence-corrected chi connectivity index (χ1v) is 6.55. The number of Topliss-reactive ketones (excluding diaryl/α,β-unsaturated/α-hetero) is 1. The second-order valence-electron chi connectivity index (χ2n) is 3.76. The molecule has 0 N–H and O–H groups in total. The Balaban J connectivity index is 2.30. The lowest BCUT2D eigenvalue weighted by Crippen LogP contribution is -2.40. The van der Waals surface area contributed by atoms with Gasteiger partial charge in [-0.25, -0.2) is 0 Å². The van der Waals surface area contributed by atoms with Gasteiger partial charge in [-0.3, -0.25) is 4.79 Å². The molecule has 0 atom stereocenters. The second-order valence-corrected chi connectivity index (χ2v) is 4.32. The van der Waals surface area contributed by atoms with Crippen LogP contribution in [0.5, 0.6) is 0 Å². The number of hydrogen-bond donors (Lipinski definition) is 0. The number of hydrogen-bond acceptors (Lipinski definition) is 1. The van der Waals surface area contributed by atoms with E-state index in [-0.39, 0.29) is 5.78 Å². The van der Waals surface area contributed by atoms with Crippen LogP contribution in [-0.4, -0.2) is 11.1 Å². The third-order valence-corrected chi connectivity index (χ3v) is 3.05. The molecule has 0 saturated carbocycles. The highest BCUT2D eigenvalue weighted by Gasteiger charge is 2.16. The first-order chi connectivity index (χ1) is 8.31. The maximum absolute atomic E-state index is 11.8. The summed E-state index contributed by atoms with van der Waals surface area (Å²) in [6.45, 7) is 0.718. The number of pyridine rings is 1. The van der Waals surface area contributed by atoms with Crippen LogP contribution in [0.25, 0.3) is 0 Å². The van der Waals surface area contributed by atoms with E-state index < -0.39 is 0 Å². The van der Waals surface area contributed by atoms with Gasteiger partial charge in [0, 0.05) is 17.7 Å². The number of alkyl halides is 1. The van der Waals surface area contributed by atoms with E-state index in [4.69, 9.17) is 0 Å². The molecule has 17 heavy (non-hydrogen) atoms. The van der Waals surface area contributed by atoms with Gasteiger partial charge >= 0.3 is 0 Å². The maximum Gasteiger partial charge on any atom is 0.249 e. The van der Waals surface area contributed by atoms with E-state index in [9.17, 15) is 4.79 Å². The van der Waals surface area contributed by atoms with Gasteiger partial charge in [-0.15, -0.1) is 0 Å². The lowest BCUT2D eigenvalue weighted by Gasteiger charge is -2.01. The average molecular weight is 291 g/mol. The molecule has 0 aliphatic rings. The summed E-state index contributed by atoms with van der Waals surface area (Å²) in [6.07, 6.45) is 1.93. The van der Waals surface area contributed by atoms with Crippen molar-refractivity contribution >= 4 is 21.7 Å². The SMILES string of the molecule is O=C(CBr)c1cccc[n+]1Cc1ccccc1.